The first kappa shape index (κ1) is 11.2. The molecular formula is C10H11N5O2. The standard InChI is InChI=1S/C10H11N5O2/c11-12-9(16)5-6-15-10(17)7-3-1-2-4-8(7)13-14-15/h1-4H,5-6,11H2,(H,12,16). The molecule has 0 fully saturated rings. The summed E-state index contributed by atoms with van der Waals surface area (Å²) in [5.74, 6) is 4.59. The number of hydrazine groups is 1. The fraction of sp³-hybridized carbons (Fsp3) is 0.200. The molecule has 7 heteroatoms. The predicted octanol–water partition coefficient (Wildman–Crippen LogP) is -0.829. The van der Waals surface area contributed by atoms with Crippen LogP contribution in [0.5, 0.6) is 0 Å². The summed E-state index contributed by atoms with van der Waals surface area (Å²) in [5.41, 5.74) is 2.26. The van der Waals surface area contributed by atoms with Gasteiger partial charge in [-0.2, -0.15) is 0 Å². The van der Waals surface area contributed by atoms with E-state index in [0.29, 0.717) is 10.9 Å². The number of aromatic nitrogens is 3. The maximum atomic E-state index is 11.9. The quantitative estimate of drug-likeness (QED) is 0.409. The molecule has 0 aliphatic carbocycles. The molecule has 0 bridgehead atoms. The summed E-state index contributed by atoms with van der Waals surface area (Å²) in [6.45, 7) is 0.152. The third-order valence-corrected chi connectivity index (χ3v) is 2.34. The van der Waals surface area contributed by atoms with Gasteiger partial charge in [0, 0.05) is 6.42 Å². The average Bonchev–Trinajstić information content (AvgIpc) is 2.38. The first-order valence-electron chi connectivity index (χ1n) is 5.04. The van der Waals surface area contributed by atoms with Gasteiger partial charge in [0.15, 0.2) is 0 Å². The van der Waals surface area contributed by atoms with Crippen LogP contribution in [-0.4, -0.2) is 20.9 Å². The van der Waals surface area contributed by atoms with Gasteiger partial charge in [-0.15, -0.1) is 5.10 Å². The molecule has 0 spiro atoms. The van der Waals surface area contributed by atoms with E-state index in [-0.39, 0.29) is 24.4 Å². The first-order chi connectivity index (χ1) is 8.22. The highest BCUT2D eigenvalue weighted by atomic mass is 16.2. The third-order valence-electron chi connectivity index (χ3n) is 2.34. The molecule has 2 rings (SSSR count). The summed E-state index contributed by atoms with van der Waals surface area (Å²) in [6, 6.07) is 6.91. The summed E-state index contributed by atoms with van der Waals surface area (Å²) >= 11 is 0. The van der Waals surface area contributed by atoms with Crippen LogP contribution < -0.4 is 16.8 Å². The maximum absolute atomic E-state index is 11.9. The lowest BCUT2D eigenvalue weighted by molar-refractivity contribution is -0.121. The van der Waals surface area contributed by atoms with Gasteiger partial charge in [0.2, 0.25) is 5.91 Å². The summed E-state index contributed by atoms with van der Waals surface area (Å²) in [7, 11) is 0. The molecule has 1 heterocycles. The van der Waals surface area contributed by atoms with Gasteiger partial charge in [-0.3, -0.25) is 15.0 Å². The van der Waals surface area contributed by atoms with Crippen molar-refractivity contribution in [2.45, 2.75) is 13.0 Å². The zero-order valence-corrected chi connectivity index (χ0v) is 8.96. The SMILES string of the molecule is NNC(=O)CCn1nnc2ccccc2c1=O. The lowest BCUT2D eigenvalue weighted by atomic mass is 10.2. The molecule has 1 aromatic carbocycles. The molecule has 0 aliphatic rings. The number of hydrogen-bond donors (Lipinski definition) is 2. The van der Waals surface area contributed by atoms with Crippen LogP contribution >= 0.6 is 0 Å². The second-order valence-electron chi connectivity index (χ2n) is 3.45. The number of nitrogens with two attached hydrogens (primary N) is 1. The Morgan fingerprint density at radius 1 is 1.41 bits per heavy atom. The lowest BCUT2D eigenvalue weighted by Gasteiger charge is -2.03. The van der Waals surface area contributed by atoms with Crippen molar-refractivity contribution in [1.29, 1.82) is 0 Å². The Morgan fingerprint density at radius 2 is 2.18 bits per heavy atom. The zero-order valence-electron chi connectivity index (χ0n) is 8.96. The molecular weight excluding hydrogens is 222 g/mol. The van der Waals surface area contributed by atoms with Gasteiger partial charge in [0.05, 0.1) is 11.9 Å². The van der Waals surface area contributed by atoms with E-state index in [0.717, 1.165) is 4.68 Å². The predicted molar refractivity (Wildman–Crippen MR) is 60.7 cm³/mol. The number of fused-ring (bicyclic) bond motifs is 1. The van der Waals surface area contributed by atoms with E-state index in [1.807, 2.05) is 5.43 Å². The van der Waals surface area contributed by atoms with Crippen molar-refractivity contribution in [3.63, 3.8) is 0 Å². The highest BCUT2D eigenvalue weighted by Gasteiger charge is 2.06. The Labute approximate surface area is 96.2 Å². The largest absolute Gasteiger partial charge is 0.294 e. The summed E-state index contributed by atoms with van der Waals surface area (Å²) in [5, 5.41) is 8.12. The van der Waals surface area contributed by atoms with Crippen molar-refractivity contribution in [2.24, 2.45) is 5.84 Å². The Kier molecular flexibility index (Phi) is 3.10. The van der Waals surface area contributed by atoms with E-state index in [2.05, 4.69) is 10.3 Å². The molecule has 0 saturated carbocycles. The number of aryl methyl sites for hydroxylation is 1. The number of amides is 1. The van der Waals surface area contributed by atoms with E-state index in [1.165, 1.54) is 0 Å². The minimum Gasteiger partial charge on any atom is -0.294 e. The number of benzene rings is 1. The summed E-state index contributed by atoms with van der Waals surface area (Å²) in [6.07, 6.45) is 0.0867. The second kappa shape index (κ2) is 4.71. The van der Waals surface area contributed by atoms with E-state index in [1.54, 1.807) is 24.3 Å². The smallest absolute Gasteiger partial charge is 0.277 e. The number of hydrogen-bond acceptors (Lipinski definition) is 5. The van der Waals surface area contributed by atoms with Crippen LogP contribution in [0.4, 0.5) is 0 Å². The number of carbonyl (C=O) groups excluding carboxylic acids is 1. The van der Waals surface area contributed by atoms with Crippen LogP contribution in [0.2, 0.25) is 0 Å². The fourth-order valence-corrected chi connectivity index (χ4v) is 1.45. The highest BCUT2D eigenvalue weighted by molar-refractivity contribution is 5.76. The van der Waals surface area contributed by atoms with Crippen LogP contribution in [0.1, 0.15) is 6.42 Å². The summed E-state index contributed by atoms with van der Waals surface area (Å²) in [4.78, 5) is 22.9. The van der Waals surface area contributed by atoms with Crippen LogP contribution in [0, 0.1) is 0 Å². The van der Waals surface area contributed by atoms with E-state index >= 15 is 0 Å². The fourth-order valence-electron chi connectivity index (χ4n) is 1.45. The molecule has 7 nitrogen and oxygen atoms in total. The maximum Gasteiger partial charge on any atom is 0.277 e. The van der Waals surface area contributed by atoms with Gasteiger partial charge >= 0.3 is 0 Å². The van der Waals surface area contributed by atoms with E-state index in [4.69, 9.17) is 5.84 Å². The molecule has 0 aliphatic heterocycles. The molecule has 0 saturated heterocycles. The van der Waals surface area contributed by atoms with Crippen LogP contribution in [0.25, 0.3) is 10.9 Å². The zero-order chi connectivity index (χ0) is 12.3. The van der Waals surface area contributed by atoms with Crippen molar-refractivity contribution in [3.05, 3.63) is 34.6 Å². The lowest BCUT2D eigenvalue weighted by Crippen LogP contribution is -2.33. The Hall–Kier alpha value is -2.28. The van der Waals surface area contributed by atoms with Crippen molar-refractivity contribution < 1.29 is 4.79 Å². The summed E-state index contributed by atoms with van der Waals surface area (Å²) < 4.78 is 1.15. The van der Waals surface area contributed by atoms with E-state index in [9.17, 15) is 9.59 Å². The molecule has 3 N–H and O–H groups in total. The van der Waals surface area contributed by atoms with Crippen molar-refractivity contribution in [2.75, 3.05) is 0 Å². The third kappa shape index (κ3) is 2.28. The first-order valence-corrected chi connectivity index (χ1v) is 5.04. The molecule has 88 valence electrons. The Balaban J connectivity index is 2.33. The minimum atomic E-state index is -0.355. The molecule has 0 unspecified atom stereocenters. The Bertz CT molecular complexity index is 607. The Morgan fingerprint density at radius 3 is 2.94 bits per heavy atom. The molecule has 1 amide bonds. The van der Waals surface area contributed by atoms with Crippen LogP contribution in [-0.2, 0) is 11.3 Å². The van der Waals surface area contributed by atoms with Gasteiger partial charge in [-0.25, -0.2) is 10.5 Å². The number of nitrogens with zero attached hydrogens (tertiary/aromatic N) is 3. The monoisotopic (exact) mass is 233 g/mol. The molecule has 0 radical (unpaired) electrons. The molecule has 17 heavy (non-hydrogen) atoms. The number of carbonyl (C=O) groups is 1. The minimum absolute atomic E-state index is 0.0867. The van der Waals surface area contributed by atoms with Gasteiger partial charge < -0.3 is 0 Å². The number of rotatable bonds is 3. The normalized spacial score (nSPS) is 10.4. The average molecular weight is 233 g/mol. The highest BCUT2D eigenvalue weighted by Crippen LogP contribution is 2.03. The molecule has 1 aromatic heterocycles. The molecule has 2 aromatic rings. The van der Waals surface area contributed by atoms with Gasteiger partial charge in [0.1, 0.15) is 5.52 Å². The molecule has 0 atom stereocenters. The van der Waals surface area contributed by atoms with E-state index < -0.39 is 0 Å². The van der Waals surface area contributed by atoms with Crippen LogP contribution in [0.3, 0.4) is 0 Å². The topological polar surface area (TPSA) is 103 Å². The van der Waals surface area contributed by atoms with Gasteiger partial charge in [-0.1, -0.05) is 17.3 Å². The van der Waals surface area contributed by atoms with Gasteiger partial charge in [0.25, 0.3) is 5.56 Å². The van der Waals surface area contributed by atoms with Crippen molar-refractivity contribution >= 4 is 16.8 Å². The van der Waals surface area contributed by atoms with Crippen molar-refractivity contribution in [3.8, 4) is 0 Å². The van der Waals surface area contributed by atoms with Crippen LogP contribution in [0.15, 0.2) is 29.1 Å². The number of nitrogens with one attached hydrogen (secondary N) is 1. The second-order valence-corrected chi connectivity index (χ2v) is 3.45. The van der Waals surface area contributed by atoms with Crippen molar-refractivity contribution in [1.82, 2.24) is 20.4 Å². The van der Waals surface area contributed by atoms with Gasteiger partial charge in [-0.05, 0) is 12.1 Å².